The molecule has 0 amide bonds. The average Bonchev–Trinajstić information content (AvgIpc) is 2.68. The molecule has 0 unspecified atom stereocenters. The molecule has 0 bridgehead atoms. The van der Waals surface area contributed by atoms with Crippen LogP contribution in [0.5, 0.6) is 0 Å². The van der Waals surface area contributed by atoms with E-state index in [4.69, 9.17) is 11.6 Å². The highest BCUT2D eigenvalue weighted by Crippen LogP contribution is 2.31. The Morgan fingerprint density at radius 1 is 0.852 bits per heavy atom. The van der Waals surface area contributed by atoms with Gasteiger partial charge in [0.25, 0.3) is 5.69 Å². The molecule has 0 fully saturated rings. The molecule has 27 heavy (non-hydrogen) atoms. The standard InChI is InChI=1S/C22H18ClNO3/c23-19-11-5-4-10-18(19)17(14-21(25)16-8-2-1-3-9-16)15-22(26)20-12-6-7-13-24(20)27/h1-13,17H,14-15H2/t17-/m1/s1. The van der Waals surface area contributed by atoms with Crippen molar-refractivity contribution in [2.24, 2.45) is 0 Å². The predicted molar refractivity (Wildman–Crippen MR) is 104 cm³/mol. The lowest BCUT2D eigenvalue weighted by molar-refractivity contribution is -0.607. The summed E-state index contributed by atoms with van der Waals surface area (Å²) in [6.07, 6.45) is 1.44. The van der Waals surface area contributed by atoms with Crippen molar-refractivity contribution in [2.75, 3.05) is 0 Å². The highest BCUT2D eigenvalue weighted by Gasteiger charge is 2.25. The van der Waals surface area contributed by atoms with Gasteiger partial charge in [-0.3, -0.25) is 9.59 Å². The van der Waals surface area contributed by atoms with E-state index >= 15 is 0 Å². The number of Topliss-reactive ketones (excluding diaryl/α,β-unsaturated/α-hetero) is 2. The Kier molecular flexibility index (Phi) is 5.99. The van der Waals surface area contributed by atoms with Crippen LogP contribution in [0.4, 0.5) is 0 Å². The normalized spacial score (nSPS) is 11.7. The molecule has 0 radical (unpaired) electrons. The molecule has 136 valence electrons. The van der Waals surface area contributed by atoms with Gasteiger partial charge in [0, 0.05) is 41.5 Å². The molecular weight excluding hydrogens is 362 g/mol. The van der Waals surface area contributed by atoms with E-state index in [1.54, 1.807) is 48.5 Å². The van der Waals surface area contributed by atoms with Crippen LogP contribution in [-0.2, 0) is 0 Å². The molecule has 0 saturated heterocycles. The van der Waals surface area contributed by atoms with Gasteiger partial charge in [0.15, 0.2) is 12.0 Å². The monoisotopic (exact) mass is 379 g/mol. The van der Waals surface area contributed by atoms with E-state index in [9.17, 15) is 14.8 Å². The lowest BCUT2D eigenvalue weighted by Gasteiger charge is -2.17. The van der Waals surface area contributed by atoms with Crippen molar-refractivity contribution < 1.29 is 14.3 Å². The Hall–Kier alpha value is -2.98. The van der Waals surface area contributed by atoms with Crippen LogP contribution in [0.3, 0.4) is 0 Å². The van der Waals surface area contributed by atoms with Gasteiger partial charge in [0.05, 0.1) is 0 Å². The molecule has 4 nitrogen and oxygen atoms in total. The first kappa shape index (κ1) is 18.8. The maximum atomic E-state index is 12.7. The van der Waals surface area contributed by atoms with Crippen molar-refractivity contribution in [3.63, 3.8) is 0 Å². The Balaban J connectivity index is 1.89. The SMILES string of the molecule is O=C(C[C@H](CC(=O)c1cccc[n+]1[O-])c1ccccc1Cl)c1ccccc1. The number of carbonyl (C=O) groups is 2. The van der Waals surface area contributed by atoms with Crippen LogP contribution in [0.15, 0.2) is 79.0 Å². The van der Waals surface area contributed by atoms with Crippen LogP contribution in [0.1, 0.15) is 45.2 Å². The topological polar surface area (TPSA) is 61.1 Å². The lowest BCUT2D eigenvalue weighted by Crippen LogP contribution is -2.34. The molecule has 3 aromatic rings. The molecule has 0 aliphatic rings. The van der Waals surface area contributed by atoms with Gasteiger partial charge in [0.2, 0.25) is 5.78 Å². The number of hydrogen-bond donors (Lipinski definition) is 0. The number of carbonyl (C=O) groups excluding carboxylic acids is 2. The largest absolute Gasteiger partial charge is 0.618 e. The molecule has 1 heterocycles. The van der Waals surface area contributed by atoms with E-state index in [0.717, 1.165) is 5.56 Å². The number of hydrogen-bond acceptors (Lipinski definition) is 3. The number of aromatic nitrogens is 1. The Morgan fingerprint density at radius 2 is 1.48 bits per heavy atom. The third-order valence-corrected chi connectivity index (χ3v) is 4.76. The van der Waals surface area contributed by atoms with Crippen molar-refractivity contribution in [3.8, 4) is 0 Å². The van der Waals surface area contributed by atoms with Gasteiger partial charge in [-0.1, -0.05) is 60.1 Å². The predicted octanol–water partition coefficient (Wildman–Crippen LogP) is 4.60. The molecule has 5 heteroatoms. The second-order valence-electron chi connectivity index (χ2n) is 6.25. The van der Waals surface area contributed by atoms with Gasteiger partial charge >= 0.3 is 0 Å². The number of nitrogens with zero attached hydrogens (tertiary/aromatic N) is 1. The first-order valence-electron chi connectivity index (χ1n) is 8.60. The summed E-state index contributed by atoms with van der Waals surface area (Å²) in [5.74, 6) is -0.813. The summed E-state index contributed by atoms with van der Waals surface area (Å²) < 4.78 is 0.547. The minimum absolute atomic E-state index is 0.0224. The maximum Gasteiger partial charge on any atom is 0.259 e. The van der Waals surface area contributed by atoms with E-state index in [1.807, 2.05) is 18.2 Å². The number of ketones is 2. The van der Waals surface area contributed by atoms with Gasteiger partial charge in [-0.2, -0.15) is 4.73 Å². The quantitative estimate of drug-likeness (QED) is 0.342. The Bertz CT molecular complexity index is 957. The van der Waals surface area contributed by atoms with E-state index in [2.05, 4.69) is 0 Å². The number of rotatable bonds is 7. The average molecular weight is 380 g/mol. The molecule has 0 N–H and O–H groups in total. The van der Waals surface area contributed by atoms with E-state index in [1.165, 1.54) is 12.3 Å². The van der Waals surface area contributed by atoms with Crippen molar-refractivity contribution >= 4 is 23.2 Å². The fourth-order valence-corrected chi connectivity index (χ4v) is 3.33. The minimum Gasteiger partial charge on any atom is -0.618 e. The lowest BCUT2D eigenvalue weighted by atomic mass is 9.87. The minimum atomic E-state index is -0.417. The molecule has 0 spiro atoms. The highest BCUT2D eigenvalue weighted by molar-refractivity contribution is 6.31. The zero-order chi connectivity index (χ0) is 19.2. The smallest absolute Gasteiger partial charge is 0.259 e. The number of halogens is 1. The second kappa shape index (κ2) is 8.60. The van der Waals surface area contributed by atoms with Gasteiger partial charge in [0.1, 0.15) is 0 Å². The third kappa shape index (κ3) is 4.60. The van der Waals surface area contributed by atoms with Crippen LogP contribution < -0.4 is 4.73 Å². The fourth-order valence-electron chi connectivity index (χ4n) is 3.04. The zero-order valence-electron chi connectivity index (χ0n) is 14.5. The summed E-state index contributed by atoms with van der Waals surface area (Å²) in [6.45, 7) is 0. The van der Waals surface area contributed by atoms with Crippen LogP contribution >= 0.6 is 11.6 Å². The summed E-state index contributed by atoms with van der Waals surface area (Å²) >= 11 is 6.32. The molecule has 0 aliphatic carbocycles. The van der Waals surface area contributed by atoms with Crippen LogP contribution in [0, 0.1) is 5.21 Å². The summed E-state index contributed by atoms with van der Waals surface area (Å²) in [4.78, 5) is 25.4. The van der Waals surface area contributed by atoms with Gasteiger partial charge in [-0.25, -0.2) is 0 Å². The molecule has 1 atom stereocenters. The zero-order valence-corrected chi connectivity index (χ0v) is 15.3. The van der Waals surface area contributed by atoms with Crippen molar-refractivity contribution in [3.05, 3.63) is 106 Å². The number of benzene rings is 2. The fraction of sp³-hybridized carbons (Fsp3) is 0.136. The van der Waals surface area contributed by atoms with Crippen LogP contribution in [0.2, 0.25) is 5.02 Å². The molecule has 1 aromatic heterocycles. The Labute approximate surface area is 162 Å². The highest BCUT2D eigenvalue weighted by atomic mass is 35.5. The molecule has 0 aliphatic heterocycles. The molecule has 0 saturated carbocycles. The van der Waals surface area contributed by atoms with Crippen molar-refractivity contribution in [1.29, 1.82) is 0 Å². The van der Waals surface area contributed by atoms with E-state index in [0.29, 0.717) is 15.3 Å². The second-order valence-corrected chi connectivity index (χ2v) is 6.66. The molecule has 2 aromatic carbocycles. The van der Waals surface area contributed by atoms with Crippen molar-refractivity contribution in [1.82, 2.24) is 0 Å². The van der Waals surface area contributed by atoms with Crippen LogP contribution in [-0.4, -0.2) is 11.6 Å². The summed E-state index contributed by atoms with van der Waals surface area (Å²) in [5, 5.41) is 12.4. The summed E-state index contributed by atoms with van der Waals surface area (Å²) in [7, 11) is 0. The first-order chi connectivity index (χ1) is 13.1. The van der Waals surface area contributed by atoms with Gasteiger partial charge in [-0.05, 0) is 17.7 Å². The summed E-state index contributed by atoms with van der Waals surface area (Å²) in [5.41, 5.74) is 1.37. The summed E-state index contributed by atoms with van der Waals surface area (Å²) in [6, 6.07) is 20.8. The Morgan fingerprint density at radius 3 is 2.19 bits per heavy atom. The van der Waals surface area contributed by atoms with Gasteiger partial charge in [-0.15, -0.1) is 0 Å². The molecule has 3 rings (SSSR count). The number of pyridine rings is 1. The van der Waals surface area contributed by atoms with E-state index < -0.39 is 5.92 Å². The molecular formula is C22H18ClNO3. The van der Waals surface area contributed by atoms with Gasteiger partial charge < -0.3 is 5.21 Å². The first-order valence-corrected chi connectivity index (χ1v) is 8.98. The van der Waals surface area contributed by atoms with Crippen molar-refractivity contribution in [2.45, 2.75) is 18.8 Å². The van der Waals surface area contributed by atoms with Crippen LogP contribution in [0.25, 0.3) is 0 Å². The maximum absolute atomic E-state index is 12.7. The third-order valence-electron chi connectivity index (χ3n) is 4.41. The van der Waals surface area contributed by atoms with E-state index in [-0.39, 0.29) is 30.1 Å².